The van der Waals surface area contributed by atoms with Crippen molar-refractivity contribution < 1.29 is 9.13 Å². The van der Waals surface area contributed by atoms with E-state index in [4.69, 9.17) is 16.2 Å². The maximum absolute atomic E-state index is 14.4. The molecule has 2 aromatic rings. The second kappa shape index (κ2) is 7.01. The molecule has 0 spiro atoms. The van der Waals surface area contributed by atoms with Crippen LogP contribution in [0.5, 0.6) is 5.75 Å². The van der Waals surface area contributed by atoms with Crippen LogP contribution in [0.2, 0.25) is 0 Å². The van der Waals surface area contributed by atoms with Gasteiger partial charge in [0.05, 0.1) is 11.4 Å². The molecule has 0 unspecified atom stereocenters. The molecule has 1 aromatic heterocycles. The Morgan fingerprint density at radius 1 is 1.32 bits per heavy atom. The third-order valence-corrected chi connectivity index (χ3v) is 5.34. The first kappa shape index (κ1) is 18.6. The van der Waals surface area contributed by atoms with Crippen molar-refractivity contribution >= 4 is 17.2 Å². The Hall–Kier alpha value is -2.74. The molecule has 0 bridgehead atoms. The topological polar surface area (TPSA) is 103 Å². The number of anilines is 2. The molecule has 4 rings (SSSR count). The molecule has 1 atom stereocenters. The highest BCUT2D eigenvalue weighted by Gasteiger charge is 2.40. The molecule has 1 aliphatic heterocycles. The number of halogens is 1. The molecule has 1 aromatic carbocycles. The molecule has 2 fully saturated rings. The summed E-state index contributed by atoms with van der Waals surface area (Å²) in [6.45, 7) is 3.57. The highest BCUT2D eigenvalue weighted by atomic mass is 19.1. The molecule has 4 N–H and O–H groups in total. The maximum Gasteiger partial charge on any atom is 0.167 e. The number of hydrogen-bond acceptors (Lipinski definition) is 7. The Morgan fingerprint density at radius 3 is 2.75 bits per heavy atom. The van der Waals surface area contributed by atoms with Crippen LogP contribution in [0.1, 0.15) is 37.4 Å². The maximum atomic E-state index is 14.4. The van der Waals surface area contributed by atoms with Crippen molar-refractivity contribution in [1.29, 1.82) is 0 Å². The van der Waals surface area contributed by atoms with Gasteiger partial charge >= 0.3 is 0 Å². The summed E-state index contributed by atoms with van der Waals surface area (Å²) >= 11 is 0. The molecule has 0 radical (unpaired) electrons. The number of benzene rings is 1. The fourth-order valence-corrected chi connectivity index (χ4v) is 3.41. The summed E-state index contributed by atoms with van der Waals surface area (Å²) in [5.41, 5.74) is 13.9. The van der Waals surface area contributed by atoms with Crippen LogP contribution in [0.4, 0.5) is 15.9 Å². The zero-order valence-corrected chi connectivity index (χ0v) is 16.2. The van der Waals surface area contributed by atoms with Gasteiger partial charge in [-0.3, -0.25) is 4.99 Å². The lowest BCUT2D eigenvalue weighted by atomic mass is 10.0. The van der Waals surface area contributed by atoms with E-state index in [0.717, 1.165) is 38.2 Å². The molecular weight excluding hydrogens is 359 g/mol. The summed E-state index contributed by atoms with van der Waals surface area (Å²) in [4.78, 5) is 15.2. The van der Waals surface area contributed by atoms with Crippen LogP contribution in [0.15, 0.2) is 29.5 Å². The van der Waals surface area contributed by atoms with Gasteiger partial charge in [-0.05, 0) is 32.3 Å². The minimum Gasteiger partial charge on any atom is -0.484 e. The lowest BCUT2D eigenvalue weighted by Gasteiger charge is -2.18. The summed E-state index contributed by atoms with van der Waals surface area (Å²) in [6.07, 6.45) is 4.25. The Morgan fingerprint density at radius 2 is 2.11 bits per heavy atom. The van der Waals surface area contributed by atoms with Crippen molar-refractivity contribution in [1.82, 2.24) is 9.97 Å². The Balaban J connectivity index is 1.68. The van der Waals surface area contributed by atoms with Crippen molar-refractivity contribution in [2.24, 2.45) is 10.7 Å². The second-order valence-electron chi connectivity index (χ2n) is 7.75. The van der Waals surface area contributed by atoms with E-state index in [2.05, 4.69) is 19.9 Å². The van der Waals surface area contributed by atoms with E-state index < -0.39 is 5.82 Å². The number of nitrogens with two attached hydrogens (primary N) is 2. The van der Waals surface area contributed by atoms with Gasteiger partial charge < -0.3 is 21.1 Å². The van der Waals surface area contributed by atoms with Gasteiger partial charge in [-0.25, -0.2) is 14.4 Å². The second-order valence-corrected chi connectivity index (χ2v) is 7.75. The van der Waals surface area contributed by atoms with E-state index in [1.807, 2.05) is 13.0 Å². The Bertz CT molecular complexity index is 927. The molecule has 1 saturated carbocycles. The molecule has 1 aliphatic carbocycles. The predicted octanol–water partition coefficient (Wildman–Crippen LogP) is 2.13. The molecule has 148 valence electrons. The number of aromatic nitrogens is 2. The van der Waals surface area contributed by atoms with Gasteiger partial charge in [-0.2, -0.15) is 0 Å². The summed E-state index contributed by atoms with van der Waals surface area (Å²) in [5.74, 6) is 0.506. The van der Waals surface area contributed by atoms with Crippen molar-refractivity contribution in [2.75, 3.05) is 30.8 Å². The zero-order valence-electron chi connectivity index (χ0n) is 16.2. The quantitative estimate of drug-likeness (QED) is 0.605. The number of rotatable bonds is 5. The molecular formula is C20H25FN6O. The molecule has 7 nitrogen and oxygen atoms in total. The van der Waals surface area contributed by atoms with E-state index in [-0.39, 0.29) is 23.1 Å². The molecule has 2 heterocycles. The van der Waals surface area contributed by atoms with Crippen LogP contribution in [0, 0.1) is 5.82 Å². The summed E-state index contributed by atoms with van der Waals surface area (Å²) < 4.78 is 20.2. The summed E-state index contributed by atoms with van der Waals surface area (Å²) in [6, 6.07) is 4.91. The smallest absolute Gasteiger partial charge is 0.167 e. The third-order valence-electron chi connectivity index (χ3n) is 5.34. The van der Waals surface area contributed by atoms with Crippen LogP contribution in [-0.2, 0) is 0 Å². The average Bonchev–Trinajstić information content (AvgIpc) is 3.23. The first-order valence-corrected chi connectivity index (χ1v) is 9.47. The van der Waals surface area contributed by atoms with Crippen LogP contribution in [-0.4, -0.2) is 47.5 Å². The van der Waals surface area contributed by atoms with Crippen LogP contribution in [0.3, 0.4) is 0 Å². The Labute approximate surface area is 163 Å². The van der Waals surface area contributed by atoms with Gasteiger partial charge in [0, 0.05) is 49.6 Å². The standard InChI is InChI=1S/C20H25FN6O/c1-20(4-5-20)28-17-7-13(15(23)8-14(17)21)19(24-2)16-9-18(26-11-25-16)27-6-3-12(22)10-27/h7-9,11-12H,3-6,10,22-23H2,1-2H3/b24-19+/t12-/m0/s1. The molecule has 1 saturated heterocycles. The van der Waals surface area contributed by atoms with Crippen LogP contribution >= 0.6 is 0 Å². The van der Waals surface area contributed by atoms with Crippen molar-refractivity contribution in [2.45, 2.75) is 37.8 Å². The summed E-state index contributed by atoms with van der Waals surface area (Å²) in [5, 5.41) is 0. The number of hydrogen-bond donors (Lipinski definition) is 2. The number of ether oxygens (including phenoxy) is 1. The van der Waals surface area contributed by atoms with Gasteiger partial charge in [-0.1, -0.05) is 0 Å². The molecule has 2 aliphatic rings. The van der Waals surface area contributed by atoms with Gasteiger partial charge in [0.15, 0.2) is 11.6 Å². The zero-order chi connectivity index (χ0) is 19.9. The average molecular weight is 384 g/mol. The molecule has 28 heavy (non-hydrogen) atoms. The molecule has 8 heteroatoms. The van der Waals surface area contributed by atoms with Gasteiger partial charge in [0.2, 0.25) is 0 Å². The van der Waals surface area contributed by atoms with Crippen LogP contribution in [0.25, 0.3) is 0 Å². The minimum atomic E-state index is -0.473. The fourth-order valence-electron chi connectivity index (χ4n) is 3.41. The highest BCUT2D eigenvalue weighted by Crippen LogP contribution is 2.41. The first-order chi connectivity index (χ1) is 13.4. The first-order valence-electron chi connectivity index (χ1n) is 9.47. The third kappa shape index (κ3) is 3.64. The highest BCUT2D eigenvalue weighted by molar-refractivity contribution is 6.15. The number of nitrogen functional groups attached to an aromatic ring is 1. The van der Waals surface area contributed by atoms with Gasteiger partial charge in [-0.15, -0.1) is 0 Å². The molecule has 0 amide bonds. The lowest BCUT2D eigenvalue weighted by Crippen LogP contribution is -2.27. The minimum absolute atomic E-state index is 0.147. The largest absolute Gasteiger partial charge is 0.484 e. The van der Waals surface area contributed by atoms with E-state index in [1.54, 1.807) is 13.1 Å². The normalized spacial score (nSPS) is 21.1. The van der Waals surface area contributed by atoms with E-state index >= 15 is 0 Å². The number of nitrogens with zero attached hydrogens (tertiary/aromatic N) is 4. The van der Waals surface area contributed by atoms with Crippen molar-refractivity contribution in [3.63, 3.8) is 0 Å². The van der Waals surface area contributed by atoms with Gasteiger partial charge in [0.25, 0.3) is 0 Å². The van der Waals surface area contributed by atoms with Crippen molar-refractivity contribution in [3.05, 3.63) is 41.6 Å². The number of aliphatic imine (C=N–C) groups is 1. The summed E-state index contributed by atoms with van der Waals surface area (Å²) in [7, 11) is 1.66. The monoisotopic (exact) mass is 384 g/mol. The Kier molecular flexibility index (Phi) is 4.66. The van der Waals surface area contributed by atoms with E-state index in [9.17, 15) is 4.39 Å². The van der Waals surface area contributed by atoms with E-state index in [1.165, 1.54) is 12.4 Å². The predicted molar refractivity (Wildman–Crippen MR) is 107 cm³/mol. The van der Waals surface area contributed by atoms with E-state index in [0.29, 0.717) is 17.0 Å². The van der Waals surface area contributed by atoms with Crippen molar-refractivity contribution in [3.8, 4) is 5.75 Å². The van der Waals surface area contributed by atoms with Gasteiger partial charge in [0.1, 0.15) is 17.7 Å². The SMILES string of the molecule is C/N=C(/c1cc(N2CC[C@H](N)C2)ncn1)c1cc(OC2(C)CC2)c(F)cc1N. The van der Waals surface area contributed by atoms with Crippen LogP contribution < -0.4 is 21.1 Å². The fraction of sp³-hybridized carbons (Fsp3) is 0.450. The lowest BCUT2D eigenvalue weighted by molar-refractivity contribution is 0.191.